The van der Waals surface area contributed by atoms with Crippen LogP contribution >= 0.6 is 23.2 Å². The number of benzene rings is 1. The summed E-state index contributed by atoms with van der Waals surface area (Å²) < 4.78 is 1.92. The van der Waals surface area contributed by atoms with Crippen molar-refractivity contribution in [3.63, 3.8) is 0 Å². The topological polar surface area (TPSA) is 29.9 Å². The molecule has 1 aromatic heterocycles. The predicted octanol–water partition coefficient (Wildman–Crippen LogP) is 4.94. The average Bonchev–Trinajstić information content (AvgIpc) is 2.77. The van der Waals surface area contributed by atoms with Gasteiger partial charge in [-0.2, -0.15) is 5.10 Å². The summed E-state index contributed by atoms with van der Waals surface area (Å²) in [5, 5.41) is 9.00. The first-order valence-corrected chi connectivity index (χ1v) is 6.98. The van der Waals surface area contributed by atoms with E-state index in [9.17, 15) is 0 Å². The fourth-order valence-corrected chi connectivity index (χ4v) is 2.45. The van der Waals surface area contributed by atoms with Crippen molar-refractivity contribution in [2.24, 2.45) is 0 Å². The van der Waals surface area contributed by atoms with Crippen molar-refractivity contribution in [1.82, 2.24) is 9.78 Å². The van der Waals surface area contributed by atoms with Crippen LogP contribution in [0.15, 0.2) is 30.6 Å². The number of hydrogen-bond donors (Lipinski definition) is 1. The van der Waals surface area contributed by atoms with Crippen LogP contribution in [0.4, 0.5) is 5.69 Å². The van der Waals surface area contributed by atoms with E-state index in [0.717, 1.165) is 11.3 Å². The van der Waals surface area contributed by atoms with Crippen LogP contribution in [0.2, 0.25) is 10.0 Å². The lowest BCUT2D eigenvalue weighted by atomic mass is 10.1. The molecular formula is C14H17Cl2N3. The zero-order chi connectivity index (χ0) is 14.0. The Labute approximate surface area is 123 Å². The molecule has 0 spiro atoms. The van der Waals surface area contributed by atoms with Gasteiger partial charge in [-0.05, 0) is 38.5 Å². The smallest absolute Gasteiger partial charge is 0.0731 e. The number of nitrogens with zero attached hydrogens (tertiary/aromatic N) is 2. The molecule has 0 fully saturated rings. The Bertz CT molecular complexity index is 564. The van der Waals surface area contributed by atoms with E-state index in [-0.39, 0.29) is 6.04 Å². The summed E-state index contributed by atoms with van der Waals surface area (Å²) in [6.45, 7) is 6.24. The summed E-state index contributed by atoms with van der Waals surface area (Å²) in [7, 11) is 0. The summed E-state index contributed by atoms with van der Waals surface area (Å²) in [5.41, 5.74) is 2.00. The Kier molecular flexibility index (Phi) is 4.38. The first-order chi connectivity index (χ1) is 8.97. The third-order valence-electron chi connectivity index (χ3n) is 2.94. The largest absolute Gasteiger partial charge is 0.376 e. The van der Waals surface area contributed by atoms with Gasteiger partial charge in [0, 0.05) is 22.3 Å². The van der Waals surface area contributed by atoms with Crippen LogP contribution in [0.5, 0.6) is 0 Å². The lowest BCUT2D eigenvalue weighted by molar-refractivity contribution is 0.532. The molecule has 2 aromatic rings. The fraction of sp³-hybridized carbons (Fsp3) is 0.357. The molecule has 19 heavy (non-hydrogen) atoms. The Morgan fingerprint density at radius 1 is 1.21 bits per heavy atom. The van der Waals surface area contributed by atoms with Gasteiger partial charge in [0.15, 0.2) is 0 Å². The van der Waals surface area contributed by atoms with Crippen molar-refractivity contribution in [3.8, 4) is 0 Å². The molecule has 1 atom stereocenters. The lowest BCUT2D eigenvalue weighted by Gasteiger charge is -2.15. The third-order valence-corrected chi connectivity index (χ3v) is 3.51. The second kappa shape index (κ2) is 5.85. The molecule has 0 aliphatic carbocycles. The fourth-order valence-electron chi connectivity index (χ4n) is 1.88. The minimum absolute atomic E-state index is 0.0922. The zero-order valence-electron chi connectivity index (χ0n) is 11.2. The van der Waals surface area contributed by atoms with Crippen molar-refractivity contribution < 1.29 is 0 Å². The normalized spacial score (nSPS) is 12.7. The van der Waals surface area contributed by atoms with E-state index in [1.807, 2.05) is 29.2 Å². The standard InChI is InChI=1S/C14H17Cl2N3/c1-9(2)19-8-12(7-17-19)18-10(3)13-5-4-11(15)6-14(13)16/h4-10,18H,1-3H3. The Morgan fingerprint density at radius 3 is 2.53 bits per heavy atom. The first kappa shape index (κ1) is 14.2. The molecule has 1 heterocycles. The monoisotopic (exact) mass is 297 g/mol. The molecule has 0 radical (unpaired) electrons. The summed E-state index contributed by atoms with van der Waals surface area (Å²) in [6.07, 6.45) is 3.81. The van der Waals surface area contributed by atoms with Gasteiger partial charge in [0.2, 0.25) is 0 Å². The predicted molar refractivity (Wildman–Crippen MR) is 81.1 cm³/mol. The molecule has 3 nitrogen and oxygen atoms in total. The van der Waals surface area contributed by atoms with Crippen LogP contribution in [0.1, 0.15) is 38.4 Å². The third kappa shape index (κ3) is 3.43. The Morgan fingerprint density at radius 2 is 1.95 bits per heavy atom. The molecule has 2 rings (SSSR count). The molecule has 5 heteroatoms. The number of anilines is 1. The Hall–Kier alpha value is -1.19. The summed E-state index contributed by atoms with van der Waals surface area (Å²) in [5.74, 6) is 0. The molecule has 102 valence electrons. The average molecular weight is 298 g/mol. The van der Waals surface area contributed by atoms with Gasteiger partial charge in [0.05, 0.1) is 17.9 Å². The number of halogens is 2. The molecular weight excluding hydrogens is 281 g/mol. The summed E-state index contributed by atoms with van der Waals surface area (Å²) >= 11 is 12.1. The molecule has 1 N–H and O–H groups in total. The maximum atomic E-state index is 6.20. The van der Waals surface area contributed by atoms with E-state index >= 15 is 0 Å². The van der Waals surface area contributed by atoms with Crippen LogP contribution in [0.25, 0.3) is 0 Å². The summed E-state index contributed by atoms with van der Waals surface area (Å²) in [4.78, 5) is 0. The molecule has 1 unspecified atom stereocenters. The van der Waals surface area contributed by atoms with Gasteiger partial charge >= 0.3 is 0 Å². The van der Waals surface area contributed by atoms with E-state index in [2.05, 4.69) is 31.2 Å². The highest BCUT2D eigenvalue weighted by Crippen LogP contribution is 2.28. The van der Waals surface area contributed by atoms with E-state index in [0.29, 0.717) is 16.1 Å². The lowest BCUT2D eigenvalue weighted by Crippen LogP contribution is -2.06. The van der Waals surface area contributed by atoms with E-state index < -0.39 is 0 Å². The highest BCUT2D eigenvalue weighted by Gasteiger charge is 2.11. The van der Waals surface area contributed by atoms with Crippen molar-refractivity contribution >= 4 is 28.9 Å². The highest BCUT2D eigenvalue weighted by molar-refractivity contribution is 6.35. The minimum atomic E-state index is 0.0922. The molecule has 0 aliphatic rings. The second-order valence-electron chi connectivity index (χ2n) is 4.83. The number of nitrogens with one attached hydrogen (secondary N) is 1. The maximum absolute atomic E-state index is 6.20. The van der Waals surface area contributed by atoms with E-state index in [4.69, 9.17) is 23.2 Å². The Balaban J connectivity index is 2.13. The first-order valence-electron chi connectivity index (χ1n) is 6.23. The maximum Gasteiger partial charge on any atom is 0.0731 e. The van der Waals surface area contributed by atoms with Crippen molar-refractivity contribution in [3.05, 3.63) is 46.2 Å². The van der Waals surface area contributed by atoms with Crippen LogP contribution in [0, 0.1) is 0 Å². The van der Waals surface area contributed by atoms with Gasteiger partial charge in [0.25, 0.3) is 0 Å². The van der Waals surface area contributed by atoms with Gasteiger partial charge in [0.1, 0.15) is 0 Å². The number of aromatic nitrogens is 2. The van der Waals surface area contributed by atoms with Crippen LogP contribution in [-0.2, 0) is 0 Å². The van der Waals surface area contributed by atoms with Crippen molar-refractivity contribution in [1.29, 1.82) is 0 Å². The molecule has 0 saturated carbocycles. The molecule has 0 aliphatic heterocycles. The molecule has 0 saturated heterocycles. The van der Waals surface area contributed by atoms with Gasteiger partial charge in [-0.1, -0.05) is 29.3 Å². The van der Waals surface area contributed by atoms with Crippen LogP contribution in [0.3, 0.4) is 0 Å². The van der Waals surface area contributed by atoms with Crippen LogP contribution in [-0.4, -0.2) is 9.78 Å². The van der Waals surface area contributed by atoms with Crippen molar-refractivity contribution in [2.45, 2.75) is 32.9 Å². The quantitative estimate of drug-likeness (QED) is 0.866. The SMILES string of the molecule is CC(Nc1cnn(C(C)C)c1)c1ccc(Cl)cc1Cl. The zero-order valence-corrected chi connectivity index (χ0v) is 12.7. The molecule has 1 aromatic carbocycles. The number of rotatable bonds is 4. The van der Waals surface area contributed by atoms with Crippen molar-refractivity contribution in [2.75, 3.05) is 5.32 Å². The van der Waals surface area contributed by atoms with Gasteiger partial charge in [-0.25, -0.2) is 0 Å². The van der Waals surface area contributed by atoms with E-state index in [1.54, 1.807) is 6.07 Å². The number of hydrogen-bond acceptors (Lipinski definition) is 2. The highest BCUT2D eigenvalue weighted by atomic mass is 35.5. The summed E-state index contributed by atoms with van der Waals surface area (Å²) in [6, 6.07) is 5.99. The van der Waals surface area contributed by atoms with Crippen LogP contribution < -0.4 is 5.32 Å². The molecule has 0 bridgehead atoms. The second-order valence-corrected chi connectivity index (χ2v) is 5.68. The minimum Gasteiger partial charge on any atom is -0.376 e. The van der Waals surface area contributed by atoms with E-state index in [1.165, 1.54) is 0 Å². The molecule has 0 amide bonds. The van der Waals surface area contributed by atoms with Gasteiger partial charge < -0.3 is 5.32 Å². The van der Waals surface area contributed by atoms with Gasteiger partial charge in [-0.3, -0.25) is 4.68 Å². The van der Waals surface area contributed by atoms with Gasteiger partial charge in [-0.15, -0.1) is 0 Å².